The fourth-order valence-corrected chi connectivity index (χ4v) is 4.73. The molecule has 2 amide bonds. The van der Waals surface area contributed by atoms with Crippen LogP contribution in [0.1, 0.15) is 55.6 Å². The number of hydrogen-bond donors (Lipinski definition) is 0. The molecule has 3 heterocycles. The van der Waals surface area contributed by atoms with Gasteiger partial charge in [0.05, 0.1) is 11.7 Å². The van der Waals surface area contributed by atoms with Crippen LogP contribution >= 0.6 is 11.6 Å². The Bertz CT molecular complexity index is 907. The minimum Gasteiger partial charge on any atom is -0.343 e. The van der Waals surface area contributed by atoms with Crippen LogP contribution in [0, 0.1) is 5.92 Å². The third-order valence-corrected chi connectivity index (χ3v) is 6.55. The summed E-state index contributed by atoms with van der Waals surface area (Å²) < 4.78 is 0. The Morgan fingerprint density at radius 3 is 2.47 bits per heavy atom. The highest BCUT2D eigenvalue weighted by Gasteiger charge is 2.36. The predicted octanol–water partition coefficient (Wildman–Crippen LogP) is 4.25. The van der Waals surface area contributed by atoms with Crippen LogP contribution < -0.4 is 0 Å². The summed E-state index contributed by atoms with van der Waals surface area (Å²) in [6.07, 6.45) is 4.22. The summed E-state index contributed by atoms with van der Waals surface area (Å²) >= 11 is 5.99. The van der Waals surface area contributed by atoms with Crippen molar-refractivity contribution in [2.24, 2.45) is 5.92 Å². The second-order valence-electron chi connectivity index (χ2n) is 8.33. The van der Waals surface area contributed by atoms with Crippen LogP contribution in [-0.4, -0.2) is 46.2 Å². The fraction of sp³-hybridized carbons (Fsp3) is 0.458. The van der Waals surface area contributed by atoms with Crippen molar-refractivity contribution in [1.29, 1.82) is 0 Å². The third-order valence-electron chi connectivity index (χ3n) is 6.29. The van der Waals surface area contributed by atoms with E-state index in [-0.39, 0.29) is 23.8 Å². The van der Waals surface area contributed by atoms with Gasteiger partial charge in [-0.1, -0.05) is 29.8 Å². The average molecular weight is 426 g/mol. The lowest BCUT2D eigenvalue weighted by molar-refractivity contribution is -0.140. The molecule has 4 rings (SSSR count). The van der Waals surface area contributed by atoms with Crippen LogP contribution in [0.15, 0.2) is 42.5 Å². The maximum absolute atomic E-state index is 13.3. The van der Waals surface area contributed by atoms with E-state index < -0.39 is 0 Å². The van der Waals surface area contributed by atoms with Gasteiger partial charge in [-0.25, -0.2) is 0 Å². The lowest BCUT2D eigenvalue weighted by atomic mass is 9.94. The molecule has 0 radical (unpaired) electrons. The van der Waals surface area contributed by atoms with Crippen LogP contribution in [0.25, 0.3) is 0 Å². The van der Waals surface area contributed by atoms with E-state index in [9.17, 15) is 9.59 Å². The van der Waals surface area contributed by atoms with Crippen LogP contribution in [0.4, 0.5) is 0 Å². The standard InChI is InChI=1S/C24H28ClN3O2/c1-17(29)27-14-11-19(12-15-27)24(30)28-13-3-6-23(28)22-5-2-4-21(26-22)16-18-7-9-20(25)10-8-18/h2,4-5,7-10,19,23H,3,6,11-16H2,1H3/t23-/m0/s1. The second-order valence-corrected chi connectivity index (χ2v) is 8.76. The van der Waals surface area contributed by atoms with E-state index >= 15 is 0 Å². The van der Waals surface area contributed by atoms with Gasteiger partial charge >= 0.3 is 0 Å². The van der Waals surface area contributed by atoms with Crippen LogP contribution in [0.3, 0.4) is 0 Å². The molecule has 2 saturated heterocycles. The smallest absolute Gasteiger partial charge is 0.226 e. The number of halogens is 1. The first-order valence-electron chi connectivity index (χ1n) is 10.8. The molecule has 2 aliphatic heterocycles. The molecule has 1 aromatic carbocycles. The van der Waals surface area contributed by atoms with Gasteiger partial charge in [-0.05, 0) is 55.5 Å². The summed E-state index contributed by atoms with van der Waals surface area (Å²) in [5.41, 5.74) is 3.15. The molecule has 158 valence electrons. The molecule has 2 aliphatic rings. The van der Waals surface area contributed by atoms with Gasteiger partial charge in [0, 0.05) is 49.6 Å². The summed E-state index contributed by atoms with van der Waals surface area (Å²) in [6, 6.07) is 14.0. The summed E-state index contributed by atoms with van der Waals surface area (Å²) in [5.74, 6) is 0.339. The fourth-order valence-electron chi connectivity index (χ4n) is 4.61. The molecule has 0 saturated carbocycles. The average Bonchev–Trinajstić information content (AvgIpc) is 3.25. The second kappa shape index (κ2) is 9.17. The van der Waals surface area contributed by atoms with E-state index in [4.69, 9.17) is 16.6 Å². The molecule has 2 aromatic rings. The Morgan fingerprint density at radius 1 is 1.03 bits per heavy atom. The first kappa shape index (κ1) is 20.9. The highest BCUT2D eigenvalue weighted by molar-refractivity contribution is 6.30. The number of nitrogens with zero attached hydrogens (tertiary/aromatic N) is 3. The Labute approximate surface area is 183 Å². The molecule has 2 fully saturated rings. The normalized spacial score (nSPS) is 19.9. The third kappa shape index (κ3) is 4.67. The zero-order chi connectivity index (χ0) is 21.1. The zero-order valence-corrected chi connectivity index (χ0v) is 18.1. The van der Waals surface area contributed by atoms with Gasteiger partial charge in [0.15, 0.2) is 0 Å². The van der Waals surface area contributed by atoms with E-state index in [2.05, 4.69) is 0 Å². The van der Waals surface area contributed by atoms with Gasteiger partial charge < -0.3 is 9.80 Å². The van der Waals surface area contributed by atoms with Gasteiger partial charge in [0.1, 0.15) is 0 Å². The predicted molar refractivity (Wildman–Crippen MR) is 117 cm³/mol. The maximum Gasteiger partial charge on any atom is 0.226 e. The van der Waals surface area contributed by atoms with E-state index in [1.807, 2.05) is 52.3 Å². The Balaban J connectivity index is 1.45. The van der Waals surface area contributed by atoms with Crippen molar-refractivity contribution in [3.05, 3.63) is 64.4 Å². The number of likely N-dealkylation sites (tertiary alicyclic amines) is 2. The number of benzene rings is 1. The number of amides is 2. The van der Waals surface area contributed by atoms with E-state index in [0.29, 0.717) is 13.1 Å². The van der Waals surface area contributed by atoms with Crippen LogP contribution in [0.2, 0.25) is 5.02 Å². The van der Waals surface area contributed by atoms with E-state index in [1.54, 1.807) is 6.92 Å². The summed E-state index contributed by atoms with van der Waals surface area (Å²) in [4.78, 5) is 33.6. The molecule has 1 aromatic heterocycles. The van der Waals surface area contributed by atoms with Crippen LogP contribution in [-0.2, 0) is 16.0 Å². The summed E-state index contributed by atoms with van der Waals surface area (Å²) in [7, 11) is 0. The highest BCUT2D eigenvalue weighted by atomic mass is 35.5. The number of hydrogen-bond acceptors (Lipinski definition) is 3. The van der Waals surface area contributed by atoms with Crippen molar-refractivity contribution in [2.45, 2.75) is 45.1 Å². The van der Waals surface area contributed by atoms with Gasteiger partial charge in [-0.3, -0.25) is 14.6 Å². The number of carbonyl (C=O) groups excluding carboxylic acids is 2. The topological polar surface area (TPSA) is 53.5 Å². The molecule has 0 unspecified atom stereocenters. The lowest BCUT2D eigenvalue weighted by Gasteiger charge is -2.34. The molecule has 6 heteroatoms. The monoisotopic (exact) mass is 425 g/mol. The molecular formula is C24H28ClN3O2. The molecule has 0 N–H and O–H groups in total. The molecule has 5 nitrogen and oxygen atoms in total. The Kier molecular flexibility index (Phi) is 6.38. The van der Waals surface area contributed by atoms with Crippen molar-refractivity contribution in [1.82, 2.24) is 14.8 Å². The van der Waals surface area contributed by atoms with Crippen molar-refractivity contribution in [2.75, 3.05) is 19.6 Å². The first-order valence-corrected chi connectivity index (χ1v) is 11.2. The zero-order valence-electron chi connectivity index (χ0n) is 17.4. The molecular weight excluding hydrogens is 398 g/mol. The largest absolute Gasteiger partial charge is 0.343 e. The summed E-state index contributed by atoms with van der Waals surface area (Å²) in [5, 5.41) is 0.731. The van der Waals surface area contributed by atoms with Crippen LogP contribution in [0.5, 0.6) is 0 Å². The maximum atomic E-state index is 13.3. The minimum atomic E-state index is 0.0125. The number of pyridine rings is 1. The molecule has 30 heavy (non-hydrogen) atoms. The summed E-state index contributed by atoms with van der Waals surface area (Å²) in [6.45, 7) is 3.75. The van der Waals surface area contributed by atoms with Crippen molar-refractivity contribution in [3.8, 4) is 0 Å². The van der Waals surface area contributed by atoms with Gasteiger partial charge in [-0.2, -0.15) is 0 Å². The quantitative estimate of drug-likeness (QED) is 0.735. The number of aromatic nitrogens is 1. The van der Waals surface area contributed by atoms with Crippen molar-refractivity contribution < 1.29 is 9.59 Å². The molecule has 0 bridgehead atoms. The van der Waals surface area contributed by atoms with Gasteiger partial charge in [0.2, 0.25) is 11.8 Å². The number of rotatable bonds is 4. The minimum absolute atomic E-state index is 0.0125. The van der Waals surface area contributed by atoms with E-state index in [0.717, 1.165) is 55.1 Å². The van der Waals surface area contributed by atoms with Crippen molar-refractivity contribution in [3.63, 3.8) is 0 Å². The van der Waals surface area contributed by atoms with E-state index in [1.165, 1.54) is 5.56 Å². The molecule has 0 spiro atoms. The Hall–Kier alpha value is -2.40. The first-order chi connectivity index (χ1) is 14.5. The molecule has 1 atom stereocenters. The van der Waals surface area contributed by atoms with Crippen molar-refractivity contribution >= 4 is 23.4 Å². The van der Waals surface area contributed by atoms with Gasteiger partial charge in [-0.15, -0.1) is 0 Å². The highest BCUT2D eigenvalue weighted by Crippen LogP contribution is 2.34. The molecule has 0 aliphatic carbocycles. The Morgan fingerprint density at radius 2 is 1.77 bits per heavy atom. The lowest BCUT2D eigenvalue weighted by Crippen LogP contribution is -2.43. The van der Waals surface area contributed by atoms with Gasteiger partial charge in [0.25, 0.3) is 0 Å². The number of piperidine rings is 1. The number of carbonyl (C=O) groups is 2. The SMILES string of the molecule is CC(=O)N1CCC(C(=O)N2CCC[C@H]2c2cccc(Cc3ccc(Cl)cc3)n2)CC1.